The Kier molecular flexibility index (Phi) is 5.05. The molecule has 0 aliphatic rings. The fourth-order valence-corrected chi connectivity index (χ4v) is 3.36. The molecule has 3 rings (SSSR count). The largest absolute Gasteiger partial charge is 0.352 e. The maximum absolute atomic E-state index is 12.2. The lowest BCUT2D eigenvalue weighted by atomic mass is 10.1. The molecule has 0 saturated heterocycles. The molecule has 0 aliphatic carbocycles. The maximum Gasteiger partial charge on any atom is 0.251 e. The molecule has 2 aromatic heterocycles. The van der Waals surface area contributed by atoms with Gasteiger partial charge in [-0.3, -0.25) is 4.79 Å². The summed E-state index contributed by atoms with van der Waals surface area (Å²) in [5, 5.41) is 2.97. The highest BCUT2D eigenvalue weighted by atomic mass is 32.1. The molecule has 2 heterocycles. The number of benzene rings is 1. The molecular formula is C18H20N4OS. The Morgan fingerprint density at radius 2 is 2.04 bits per heavy atom. The monoisotopic (exact) mass is 340 g/mol. The van der Waals surface area contributed by atoms with E-state index in [9.17, 15) is 4.79 Å². The third kappa shape index (κ3) is 3.71. The first-order chi connectivity index (χ1) is 11.6. The van der Waals surface area contributed by atoms with Crippen LogP contribution in [0, 0.1) is 6.92 Å². The summed E-state index contributed by atoms with van der Waals surface area (Å²) in [6, 6.07) is 7.54. The Balaban J connectivity index is 1.52. The zero-order valence-corrected chi connectivity index (χ0v) is 14.6. The van der Waals surface area contributed by atoms with Crippen molar-refractivity contribution < 1.29 is 4.79 Å². The first-order valence-electron chi connectivity index (χ1n) is 7.90. The van der Waals surface area contributed by atoms with Crippen LogP contribution < -0.4 is 5.32 Å². The summed E-state index contributed by atoms with van der Waals surface area (Å²) in [7, 11) is 1.95. The van der Waals surface area contributed by atoms with E-state index in [1.165, 1.54) is 4.88 Å². The minimum Gasteiger partial charge on any atom is -0.352 e. The highest BCUT2D eigenvalue weighted by molar-refractivity contribution is 7.09. The molecule has 0 spiro atoms. The predicted molar refractivity (Wildman–Crippen MR) is 96.1 cm³/mol. The van der Waals surface area contributed by atoms with E-state index in [0.717, 1.165) is 29.9 Å². The summed E-state index contributed by atoms with van der Waals surface area (Å²) in [5.74, 6) is 0.851. The highest BCUT2D eigenvalue weighted by Crippen LogP contribution is 2.17. The zero-order chi connectivity index (χ0) is 16.9. The fraction of sp³-hybridized carbons (Fsp3) is 0.278. The van der Waals surface area contributed by atoms with Crippen LogP contribution in [0.1, 0.15) is 27.3 Å². The topological polar surface area (TPSA) is 59.8 Å². The van der Waals surface area contributed by atoms with E-state index < -0.39 is 0 Å². The number of nitrogens with zero attached hydrogens (tertiary/aromatic N) is 3. The summed E-state index contributed by atoms with van der Waals surface area (Å²) in [4.78, 5) is 22.0. The summed E-state index contributed by atoms with van der Waals surface area (Å²) >= 11 is 1.67. The highest BCUT2D eigenvalue weighted by Gasteiger charge is 2.08. The SMILES string of the molecule is Cc1ncsc1CCCNC(=O)c1ccc(-c2nccn2C)cc1. The van der Waals surface area contributed by atoms with Gasteiger partial charge in [-0.25, -0.2) is 9.97 Å². The molecule has 0 unspecified atom stereocenters. The quantitative estimate of drug-likeness (QED) is 0.701. The normalized spacial score (nSPS) is 10.8. The molecule has 124 valence electrons. The lowest BCUT2D eigenvalue weighted by Crippen LogP contribution is -2.24. The van der Waals surface area contributed by atoms with Crippen molar-refractivity contribution in [1.29, 1.82) is 0 Å². The molecule has 1 aromatic carbocycles. The van der Waals surface area contributed by atoms with Gasteiger partial charge in [-0.2, -0.15) is 0 Å². The van der Waals surface area contributed by atoms with Crippen LogP contribution in [0.5, 0.6) is 0 Å². The average Bonchev–Trinajstić information content (AvgIpc) is 3.20. The average molecular weight is 340 g/mol. The summed E-state index contributed by atoms with van der Waals surface area (Å²) < 4.78 is 1.95. The summed E-state index contributed by atoms with van der Waals surface area (Å²) in [6.45, 7) is 2.69. The number of nitrogens with one attached hydrogen (secondary N) is 1. The standard InChI is InChI=1S/C18H20N4OS/c1-13-16(24-12-21-13)4-3-9-20-18(23)15-7-5-14(6-8-15)17-19-10-11-22(17)2/h5-8,10-12H,3-4,9H2,1-2H3,(H,20,23). The van der Waals surface area contributed by atoms with Crippen molar-refractivity contribution in [2.75, 3.05) is 6.54 Å². The predicted octanol–water partition coefficient (Wildman–Crippen LogP) is 3.21. The molecule has 6 heteroatoms. The molecule has 5 nitrogen and oxygen atoms in total. The molecule has 0 aliphatic heterocycles. The Bertz CT molecular complexity index is 820. The number of hydrogen-bond acceptors (Lipinski definition) is 4. The van der Waals surface area contributed by atoms with Crippen molar-refractivity contribution in [2.24, 2.45) is 7.05 Å². The van der Waals surface area contributed by atoms with E-state index >= 15 is 0 Å². The van der Waals surface area contributed by atoms with Gasteiger partial charge in [0, 0.05) is 42.0 Å². The molecule has 0 saturated carbocycles. The molecule has 24 heavy (non-hydrogen) atoms. The van der Waals surface area contributed by atoms with Crippen LogP contribution in [0.3, 0.4) is 0 Å². The Labute approximate surface area is 145 Å². The first kappa shape index (κ1) is 16.4. The minimum atomic E-state index is -0.0394. The van der Waals surface area contributed by atoms with E-state index in [2.05, 4.69) is 15.3 Å². The number of hydrogen-bond donors (Lipinski definition) is 1. The van der Waals surface area contributed by atoms with Gasteiger partial charge in [-0.1, -0.05) is 12.1 Å². The van der Waals surface area contributed by atoms with E-state index in [1.807, 2.05) is 54.5 Å². The second-order valence-corrected chi connectivity index (χ2v) is 6.60. The number of carbonyl (C=O) groups excluding carboxylic acids is 1. The van der Waals surface area contributed by atoms with Crippen LogP contribution in [0.4, 0.5) is 0 Å². The summed E-state index contributed by atoms with van der Waals surface area (Å²) in [5.41, 5.74) is 4.63. The molecule has 0 fully saturated rings. The lowest BCUT2D eigenvalue weighted by molar-refractivity contribution is 0.0953. The number of aryl methyl sites for hydroxylation is 3. The van der Waals surface area contributed by atoms with E-state index in [-0.39, 0.29) is 5.91 Å². The van der Waals surface area contributed by atoms with Gasteiger partial charge in [0.25, 0.3) is 5.91 Å². The lowest BCUT2D eigenvalue weighted by Gasteiger charge is -2.06. The molecule has 0 atom stereocenters. The number of rotatable bonds is 6. The van der Waals surface area contributed by atoms with Crippen molar-refractivity contribution in [1.82, 2.24) is 19.9 Å². The Morgan fingerprint density at radius 1 is 1.25 bits per heavy atom. The van der Waals surface area contributed by atoms with Gasteiger partial charge in [-0.05, 0) is 31.9 Å². The molecule has 1 amide bonds. The third-order valence-electron chi connectivity index (χ3n) is 3.94. The van der Waals surface area contributed by atoms with Gasteiger partial charge in [0.05, 0.1) is 11.2 Å². The fourth-order valence-electron chi connectivity index (χ4n) is 2.53. The van der Waals surface area contributed by atoms with Crippen molar-refractivity contribution in [3.05, 3.63) is 58.3 Å². The number of aromatic nitrogens is 3. The van der Waals surface area contributed by atoms with Crippen molar-refractivity contribution in [3.8, 4) is 11.4 Å². The van der Waals surface area contributed by atoms with Gasteiger partial charge in [0.1, 0.15) is 5.82 Å². The van der Waals surface area contributed by atoms with Crippen LogP contribution in [0.15, 0.2) is 42.2 Å². The van der Waals surface area contributed by atoms with Crippen LogP contribution in [0.2, 0.25) is 0 Å². The molecular weight excluding hydrogens is 320 g/mol. The molecule has 0 bridgehead atoms. The van der Waals surface area contributed by atoms with Crippen LogP contribution >= 0.6 is 11.3 Å². The smallest absolute Gasteiger partial charge is 0.251 e. The van der Waals surface area contributed by atoms with Crippen molar-refractivity contribution in [2.45, 2.75) is 19.8 Å². The number of amides is 1. The summed E-state index contributed by atoms with van der Waals surface area (Å²) in [6.07, 6.45) is 5.54. The molecule has 3 aromatic rings. The maximum atomic E-state index is 12.2. The third-order valence-corrected chi connectivity index (χ3v) is 4.93. The minimum absolute atomic E-state index is 0.0394. The van der Waals surface area contributed by atoms with E-state index in [1.54, 1.807) is 17.5 Å². The molecule has 1 N–H and O–H groups in total. The van der Waals surface area contributed by atoms with Crippen LogP contribution in [0.25, 0.3) is 11.4 Å². The van der Waals surface area contributed by atoms with Gasteiger partial charge in [-0.15, -0.1) is 11.3 Å². The van der Waals surface area contributed by atoms with E-state index in [0.29, 0.717) is 12.1 Å². The second-order valence-electron chi connectivity index (χ2n) is 5.66. The van der Waals surface area contributed by atoms with E-state index in [4.69, 9.17) is 0 Å². The van der Waals surface area contributed by atoms with Gasteiger partial charge in [0.15, 0.2) is 0 Å². The second kappa shape index (κ2) is 7.40. The molecule has 0 radical (unpaired) electrons. The zero-order valence-electron chi connectivity index (χ0n) is 13.8. The van der Waals surface area contributed by atoms with Crippen molar-refractivity contribution >= 4 is 17.2 Å². The Morgan fingerprint density at radius 3 is 2.67 bits per heavy atom. The van der Waals surface area contributed by atoms with Crippen molar-refractivity contribution in [3.63, 3.8) is 0 Å². The number of carbonyl (C=O) groups is 1. The van der Waals surface area contributed by atoms with Gasteiger partial charge >= 0.3 is 0 Å². The number of thiazole rings is 1. The first-order valence-corrected chi connectivity index (χ1v) is 8.78. The van der Waals surface area contributed by atoms with Gasteiger partial charge in [0.2, 0.25) is 0 Å². The Hall–Kier alpha value is -2.47. The van der Waals surface area contributed by atoms with Crippen LogP contribution in [-0.4, -0.2) is 27.0 Å². The number of imidazole rings is 1. The van der Waals surface area contributed by atoms with Gasteiger partial charge < -0.3 is 9.88 Å². The van der Waals surface area contributed by atoms with Crippen LogP contribution in [-0.2, 0) is 13.5 Å².